The molecule has 2 rings (SSSR count). The lowest BCUT2D eigenvalue weighted by Crippen LogP contribution is -2.06. The summed E-state index contributed by atoms with van der Waals surface area (Å²) in [7, 11) is 0. The Morgan fingerprint density at radius 2 is 2.12 bits per heavy atom. The van der Waals surface area contributed by atoms with Crippen molar-refractivity contribution in [3.05, 3.63) is 23.8 Å². The maximum atomic E-state index is 11.7. The van der Waals surface area contributed by atoms with Crippen molar-refractivity contribution in [3.63, 3.8) is 0 Å². The summed E-state index contributed by atoms with van der Waals surface area (Å²) in [6.45, 7) is 2.09. The summed E-state index contributed by atoms with van der Waals surface area (Å²) in [6, 6.07) is 5.41. The number of fused-ring (bicyclic) bond motifs is 1. The molecule has 0 aliphatic carbocycles. The van der Waals surface area contributed by atoms with Crippen LogP contribution in [0, 0.1) is 0 Å². The van der Waals surface area contributed by atoms with Gasteiger partial charge in [0.1, 0.15) is 10.6 Å². The normalized spacial score (nSPS) is 9.94. The van der Waals surface area contributed by atoms with Gasteiger partial charge in [-0.15, -0.1) is 23.7 Å². The SMILES string of the molecule is CCOC(=O)c1c(N)sc2c(N)cccc12.Cl. The molecular weight excluding hydrogens is 260 g/mol. The number of nitrogen functional groups attached to an aromatic ring is 2. The molecule has 0 aliphatic heterocycles. The second-order valence-electron chi connectivity index (χ2n) is 3.29. The van der Waals surface area contributed by atoms with E-state index < -0.39 is 5.97 Å². The number of esters is 1. The minimum Gasteiger partial charge on any atom is -0.462 e. The lowest BCUT2D eigenvalue weighted by molar-refractivity contribution is 0.0530. The Bertz CT molecular complexity index is 554. The van der Waals surface area contributed by atoms with E-state index in [0.717, 1.165) is 10.1 Å². The van der Waals surface area contributed by atoms with E-state index in [1.807, 2.05) is 6.07 Å². The number of carbonyl (C=O) groups is 1. The number of ether oxygens (including phenoxy) is 1. The highest BCUT2D eigenvalue weighted by atomic mass is 35.5. The smallest absolute Gasteiger partial charge is 0.341 e. The number of hydrogen-bond acceptors (Lipinski definition) is 5. The molecule has 0 spiro atoms. The number of benzene rings is 1. The number of carbonyl (C=O) groups excluding carboxylic acids is 1. The minimum absolute atomic E-state index is 0. The molecule has 0 unspecified atom stereocenters. The Morgan fingerprint density at radius 3 is 2.76 bits per heavy atom. The van der Waals surface area contributed by atoms with Crippen molar-refractivity contribution in [2.24, 2.45) is 0 Å². The van der Waals surface area contributed by atoms with Crippen LogP contribution in [0.1, 0.15) is 17.3 Å². The van der Waals surface area contributed by atoms with Crippen LogP contribution in [0.3, 0.4) is 0 Å². The molecule has 1 aromatic carbocycles. The Morgan fingerprint density at radius 1 is 1.41 bits per heavy atom. The molecule has 0 saturated carbocycles. The van der Waals surface area contributed by atoms with Gasteiger partial charge in [-0.3, -0.25) is 0 Å². The van der Waals surface area contributed by atoms with Crippen LogP contribution in [0.15, 0.2) is 18.2 Å². The summed E-state index contributed by atoms with van der Waals surface area (Å²) in [5, 5.41) is 1.22. The predicted molar refractivity (Wildman–Crippen MR) is 73.9 cm³/mol. The third kappa shape index (κ3) is 2.30. The standard InChI is InChI=1S/C11H12N2O2S.ClH/c1-2-15-11(14)8-6-4-3-5-7(12)9(6)16-10(8)13;/h3-5H,2,12-13H2,1H3;1H. The van der Waals surface area contributed by atoms with E-state index >= 15 is 0 Å². The largest absolute Gasteiger partial charge is 0.462 e. The number of nitrogens with two attached hydrogens (primary N) is 2. The van der Waals surface area contributed by atoms with Gasteiger partial charge in [0.15, 0.2) is 0 Å². The molecule has 4 N–H and O–H groups in total. The molecule has 6 heteroatoms. The zero-order valence-electron chi connectivity index (χ0n) is 9.23. The Balaban J connectivity index is 0.00000144. The van der Waals surface area contributed by atoms with E-state index in [-0.39, 0.29) is 12.4 Å². The van der Waals surface area contributed by atoms with Crippen LogP contribution in [0.4, 0.5) is 10.7 Å². The van der Waals surface area contributed by atoms with Crippen LogP contribution in [0.2, 0.25) is 0 Å². The molecule has 0 radical (unpaired) electrons. The highest BCUT2D eigenvalue weighted by Crippen LogP contribution is 2.37. The van der Waals surface area contributed by atoms with Gasteiger partial charge in [0.25, 0.3) is 0 Å². The number of anilines is 2. The van der Waals surface area contributed by atoms with Crippen molar-refractivity contribution >= 4 is 50.5 Å². The summed E-state index contributed by atoms with van der Waals surface area (Å²) < 4.78 is 5.80. The van der Waals surface area contributed by atoms with Gasteiger partial charge in [-0.2, -0.15) is 0 Å². The maximum Gasteiger partial charge on any atom is 0.341 e. The van der Waals surface area contributed by atoms with E-state index in [4.69, 9.17) is 16.2 Å². The Kier molecular flexibility index (Phi) is 4.20. The van der Waals surface area contributed by atoms with Gasteiger partial charge in [-0.1, -0.05) is 12.1 Å². The van der Waals surface area contributed by atoms with Gasteiger partial charge in [0, 0.05) is 11.1 Å². The van der Waals surface area contributed by atoms with Gasteiger partial charge in [0.05, 0.1) is 11.3 Å². The number of hydrogen-bond donors (Lipinski definition) is 2. The maximum absolute atomic E-state index is 11.7. The zero-order chi connectivity index (χ0) is 11.7. The quantitative estimate of drug-likeness (QED) is 0.651. The van der Waals surface area contributed by atoms with Crippen molar-refractivity contribution in [1.29, 1.82) is 0 Å². The number of thiophene rings is 1. The fourth-order valence-corrected chi connectivity index (χ4v) is 2.55. The first-order valence-electron chi connectivity index (χ1n) is 4.88. The summed E-state index contributed by atoms with van der Waals surface area (Å²) in [5.74, 6) is -0.392. The summed E-state index contributed by atoms with van der Waals surface area (Å²) in [4.78, 5) is 11.7. The van der Waals surface area contributed by atoms with E-state index in [2.05, 4.69) is 0 Å². The minimum atomic E-state index is -0.392. The van der Waals surface area contributed by atoms with Crippen LogP contribution in [0.25, 0.3) is 10.1 Å². The van der Waals surface area contributed by atoms with Crippen LogP contribution in [-0.2, 0) is 4.74 Å². The van der Waals surface area contributed by atoms with E-state index in [1.165, 1.54) is 11.3 Å². The monoisotopic (exact) mass is 272 g/mol. The molecule has 4 nitrogen and oxygen atoms in total. The van der Waals surface area contributed by atoms with Gasteiger partial charge >= 0.3 is 5.97 Å². The molecule has 0 fully saturated rings. The fraction of sp³-hybridized carbons (Fsp3) is 0.182. The fourth-order valence-electron chi connectivity index (χ4n) is 1.57. The van der Waals surface area contributed by atoms with Crippen molar-refractivity contribution < 1.29 is 9.53 Å². The van der Waals surface area contributed by atoms with Crippen molar-refractivity contribution in [3.8, 4) is 0 Å². The van der Waals surface area contributed by atoms with Crippen molar-refractivity contribution in [1.82, 2.24) is 0 Å². The average Bonchev–Trinajstić information content (AvgIpc) is 2.56. The molecule has 1 heterocycles. The second-order valence-corrected chi connectivity index (χ2v) is 4.34. The molecule has 2 aromatic rings. The molecule has 0 bridgehead atoms. The molecular formula is C11H13ClN2O2S. The Hall–Kier alpha value is -1.46. The Labute approximate surface area is 109 Å². The molecule has 0 saturated heterocycles. The highest BCUT2D eigenvalue weighted by Gasteiger charge is 2.18. The van der Waals surface area contributed by atoms with Gasteiger partial charge in [-0.05, 0) is 13.0 Å². The zero-order valence-corrected chi connectivity index (χ0v) is 10.9. The number of halogens is 1. The van der Waals surface area contributed by atoms with Crippen molar-refractivity contribution in [2.45, 2.75) is 6.92 Å². The van der Waals surface area contributed by atoms with Crippen LogP contribution in [0.5, 0.6) is 0 Å². The number of rotatable bonds is 2. The predicted octanol–water partition coefficient (Wildman–Crippen LogP) is 2.66. The molecule has 92 valence electrons. The first-order chi connectivity index (χ1) is 7.65. The third-order valence-corrected chi connectivity index (χ3v) is 3.34. The molecule has 0 amide bonds. The lowest BCUT2D eigenvalue weighted by atomic mass is 10.1. The molecule has 0 aliphatic rings. The summed E-state index contributed by atoms with van der Waals surface area (Å²) >= 11 is 1.31. The topological polar surface area (TPSA) is 78.3 Å². The average molecular weight is 273 g/mol. The first kappa shape index (κ1) is 13.6. The van der Waals surface area contributed by atoms with E-state index in [0.29, 0.717) is 22.9 Å². The third-order valence-electron chi connectivity index (χ3n) is 2.25. The lowest BCUT2D eigenvalue weighted by Gasteiger charge is -2.01. The van der Waals surface area contributed by atoms with Crippen LogP contribution < -0.4 is 11.5 Å². The van der Waals surface area contributed by atoms with Gasteiger partial charge < -0.3 is 16.2 Å². The van der Waals surface area contributed by atoms with E-state index in [9.17, 15) is 4.79 Å². The van der Waals surface area contributed by atoms with Crippen LogP contribution >= 0.6 is 23.7 Å². The van der Waals surface area contributed by atoms with Crippen LogP contribution in [-0.4, -0.2) is 12.6 Å². The van der Waals surface area contributed by atoms with Crippen molar-refractivity contribution in [2.75, 3.05) is 18.1 Å². The van der Waals surface area contributed by atoms with Gasteiger partial charge in [-0.25, -0.2) is 4.79 Å². The first-order valence-corrected chi connectivity index (χ1v) is 5.70. The summed E-state index contributed by atoms with van der Waals surface area (Å²) in [5.41, 5.74) is 12.7. The highest BCUT2D eigenvalue weighted by molar-refractivity contribution is 7.23. The summed E-state index contributed by atoms with van der Waals surface area (Å²) in [6.07, 6.45) is 0. The molecule has 1 aromatic heterocycles. The second kappa shape index (κ2) is 5.25. The molecule has 17 heavy (non-hydrogen) atoms. The van der Waals surface area contributed by atoms with Gasteiger partial charge in [0.2, 0.25) is 0 Å². The van der Waals surface area contributed by atoms with E-state index in [1.54, 1.807) is 19.1 Å². The molecule has 0 atom stereocenters.